The molecule has 0 amide bonds. The van der Waals surface area contributed by atoms with E-state index in [1.807, 2.05) is 6.92 Å². The molecule has 0 aliphatic carbocycles. The zero-order chi connectivity index (χ0) is 7.56. The van der Waals surface area contributed by atoms with Crippen LogP contribution in [0.25, 0.3) is 0 Å². The summed E-state index contributed by atoms with van der Waals surface area (Å²) in [4.78, 5) is 7.97. The van der Waals surface area contributed by atoms with Gasteiger partial charge < -0.3 is 5.73 Å². The molecule has 1 aromatic rings. The zero-order valence-corrected chi connectivity index (χ0v) is 7.22. The Bertz CT molecular complexity index is 241. The van der Waals surface area contributed by atoms with Crippen LogP contribution in [0.3, 0.4) is 0 Å². The van der Waals surface area contributed by atoms with Crippen LogP contribution < -0.4 is 5.73 Å². The molecule has 0 spiro atoms. The van der Waals surface area contributed by atoms with E-state index in [0.29, 0.717) is 17.0 Å². The average Bonchev–Trinajstić information content (AvgIpc) is 1.88. The van der Waals surface area contributed by atoms with Gasteiger partial charge in [0.25, 0.3) is 0 Å². The number of nitrogens with two attached hydrogens (primary N) is 1. The van der Waals surface area contributed by atoms with Crippen LogP contribution >= 0.6 is 15.9 Å². The SMILES string of the molecule is Cc1ncc(CBr)c(N)n1.[H+]. The second-order valence-corrected chi connectivity index (χ2v) is 2.52. The fourth-order valence-corrected chi connectivity index (χ4v) is 1.05. The predicted octanol–water partition coefficient (Wildman–Crippen LogP) is 1.37. The van der Waals surface area contributed by atoms with Crippen molar-refractivity contribution in [3.05, 3.63) is 17.6 Å². The van der Waals surface area contributed by atoms with E-state index in [2.05, 4.69) is 25.9 Å². The van der Waals surface area contributed by atoms with Gasteiger partial charge in [0.2, 0.25) is 0 Å². The van der Waals surface area contributed by atoms with Crippen LogP contribution in [0.4, 0.5) is 5.82 Å². The molecule has 4 heteroatoms. The van der Waals surface area contributed by atoms with Gasteiger partial charge in [0.1, 0.15) is 11.6 Å². The highest BCUT2D eigenvalue weighted by atomic mass is 79.9. The Balaban J connectivity index is 0.000001000. The number of hydrogen-bond donors (Lipinski definition) is 1. The molecule has 2 N–H and O–H groups in total. The number of rotatable bonds is 1. The Morgan fingerprint density at radius 3 is 3.00 bits per heavy atom. The lowest BCUT2D eigenvalue weighted by Crippen LogP contribution is -1.99. The van der Waals surface area contributed by atoms with Gasteiger partial charge in [-0.1, -0.05) is 15.9 Å². The van der Waals surface area contributed by atoms with E-state index < -0.39 is 0 Å². The summed E-state index contributed by atoms with van der Waals surface area (Å²) in [6.07, 6.45) is 1.73. The molecule has 0 saturated heterocycles. The van der Waals surface area contributed by atoms with Crippen LogP contribution in [0.2, 0.25) is 0 Å². The maximum Gasteiger partial charge on any atom is 1.00 e. The summed E-state index contributed by atoms with van der Waals surface area (Å²) in [5.41, 5.74) is 6.49. The van der Waals surface area contributed by atoms with E-state index in [4.69, 9.17) is 5.73 Å². The summed E-state index contributed by atoms with van der Waals surface area (Å²) in [6.45, 7) is 1.81. The molecular formula is C6H9BrN3+. The fourth-order valence-electron chi connectivity index (χ4n) is 0.615. The van der Waals surface area contributed by atoms with Crippen molar-refractivity contribution in [2.24, 2.45) is 0 Å². The molecule has 0 radical (unpaired) electrons. The standard InChI is InChI=1S/C6H8BrN3/c1-4-9-3-5(2-7)6(8)10-4/h3H,2H2,1H3,(H2,8,9,10)/p+1. The molecule has 0 fully saturated rings. The predicted molar refractivity (Wildman–Crippen MR) is 44.9 cm³/mol. The van der Waals surface area contributed by atoms with Crippen LogP contribution in [-0.2, 0) is 5.33 Å². The van der Waals surface area contributed by atoms with E-state index in [9.17, 15) is 0 Å². The van der Waals surface area contributed by atoms with Crippen molar-refractivity contribution in [1.29, 1.82) is 0 Å². The zero-order valence-electron chi connectivity index (χ0n) is 6.63. The van der Waals surface area contributed by atoms with Crippen LogP contribution in [0.1, 0.15) is 12.8 Å². The first-order valence-electron chi connectivity index (χ1n) is 2.88. The number of nitrogens with zero attached hydrogens (tertiary/aromatic N) is 2. The molecule has 1 aromatic heterocycles. The molecule has 10 heavy (non-hydrogen) atoms. The summed E-state index contributed by atoms with van der Waals surface area (Å²) < 4.78 is 0. The molecule has 0 unspecified atom stereocenters. The van der Waals surface area contributed by atoms with E-state index in [0.717, 1.165) is 5.56 Å². The van der Waals surface area contributed by atoms with Crippen molar-refractivity contribution in [1.82, 2.24) is 9.97 Å². The molecule has 0 aromatic carbocycles. The van der Waals surface area contributed by atoms with E-state index >= 15 is 0 Å². The molecule has 1 rings (SSSR count). The number of aromatic nitrogens is 2. The molecule has 0 saturated carbocycles. The highest BCUT2D eigenvalue weighted by Crippen LogP contribution is 2.10. The van der Waals surface area contributed by atoms with Crippen molar-refractivity contribution in [2.45, 2.75) is 12.3 Å². The topological polar surface area (TPSA) is 51.8 Å². The quantitative estimate of drug-likeness (QED) is 0.701. The average molecular weight is 203 g/mol. The van der Waals surface area contributed by atoms with Crippen molar-refractivity contribution >= 4 is 21.7 Å². The highest BCUT2D eigenvalue weighted by Gasteiger charge is 1.97. The summed E-state index contributed by atoms with van der Waals surface area (Å²) in [5.74, 6) is 1.27. The summed E-state index contributed by atoms with van der Waals surface area (Å²) in [6, 6.07) is 0. The van der Waals surface area contributed by atoms with Crippen LogP contribution in [0.15, 0.2) is 6.20 Å². The van der Waals surface area contributed by atoms with Gasteiger partial charge in [-0.3, -0.25) is 0 Å². The van der Waals surface area contributed by atoms with Gasteiger partial charge in [-0.05, 0) is 6.92 Å². The van der Waals surface area contributed by atoms with Gasteiger partial charge in [0, 0.05) is 17.1 Å². The normalized spacial score (nSPS) is 9.80. The minimum atomic E-state index is 0. The first-order chi connectivity index (χ1) is 4.74. The molecule has 54 valence electrons. The van der Waals surface area contributed by atoms with Crippen molar-refractivity contribution < 1.29 is 1.43 Å². The lowest BCUT2D eigenvalue weighted by atomic mass is 10.3. The third-order valence-corrected chi connectivity index (χ3v) is 1.77. The lowest BCUT2D eigenvalue weighted by Gasteiger charge is -1.99. The van der Waals surface area contributed by atoms with Gasteiger partial charge in [0.15, 0.2) is 0 Å². The molecule has 0 bridgehead atoms. The van der Waals surface area contributed by atoms with E-state index in [-0.39, 0.29) is 1.43 Å². The minimum Gasteiger partial charge on any atom is -0.383 e. The summed E-state index contributed by atoms with van der Waals surface area (Å²) in [7, 11) is 0. The third-order valence-electron chi connectivity index (χ3n) is 1.16. The summed E-state index contributed by atoms with van der Waals surface area (Å²) >= 11 is 3.27. The summed E-state index contributed by atoms with van der Waals surface area (Å²) in [5, 5.41) is 0.707. The van der Waals surface area contributed by atoms with Crippen molar-refractivity contribution in [3.8, 4) is 0 Å². The largest absolute Gasteiger partial charge is 1.00 e. The first kappa shape index (κ1) is 7.47. The Hall–Kier alpha value is -0.640. The number of aryl methyl sites for hydroxylation is 1. The molecular weight excluding hydrogens is 194 g/mol. The maximum atomic E-state index is 5.55. The van der Waals surface area contributed by atoms with Gasteiger partial charge in [-0.2, -0.15) is 0 Å². The van der Waals surface area contributed by atoms with Crippen LogP contribution in [-0.4, -0.2) is 9.97 Å². The maximum absolute atomic E-state index is 5.55. The van der Waals surface area contributed by atoms with Gasteiger partial charge >= 0.3 is 1.43 Å². The third kappa shape index (κ3) is 1.44. The second kappa shape index (κ2) is 2.96. The Labute approximate surface area is 69.3 Å². The molecule has 1 heterocycles. The smallest absolute Gasteiger partial charge is 0.383 e. The number of hydrogen-bond acceptors (Lipinski definition) is 3. The fraction of sp³-hybridized carbons (Fsp3) is 0.333. The molecule has 0 aliphatic rings. The minimum absolute atomic E-state index is 0. The Morgan fingerprint density at radius 2 is 2.50 bits per heavy atom. The van der Waals surface area contributed by atoms with Crippen molar-refractivity contribution in [2.75, 3.05) is 5.73 Å². The van der Waals surface area contributed by atoms with Crippen molar-refractivity contribution in [3.63, 3.8) is 0 Å². The Morgan fingerprint density at radius 1 is 1.80 bits per heavy atom. The van der Waals surface area contributed by atoms with Gasteiger partial charge in [-0.25, -0.2) is 9.97 Å². The van der Waals surface area contributed by atoms with Crippen LogP contribution in [0.5, 0.6) is 0 Å². The highest BCUT2D eigenvalue weighted by molar-refractivity contribution is 9.08. The van der Waals surface area contributed by atoms with Gasteiger partial charge in [-0.15, -0.1) is 0 Å². The molecule has 0 aliphatic heterocycles. The van der Waals surface area contributed by atoms with E-state index in [1.165, 1.54) is 0 Å². The second-order valence-electron chi connectivity index (χ2n) is 1.96. The molecule has 0 atom stereocenters. The Kier molecular flexibility index (Phi) is 2.21. The number of anilines is 1. The van der Waals surface area contributed by atoms with E-state index in [1.54, 1.807) is 6.20 Å². The number of nitrogen functional groups attached to an aromatic ring is 1. The van der Waals surface area contributed by atoms with Gasteiger partial charge in [0.05, 0.1) is 0 Å². The molecule has 3 nitrogen and oxygen atoms in total. The van der Waals surface area contributed by atoms with Crippen LogP contribution in [0, 0.1) is 6.92 Å². The number of halogens is 1. The number of alkyl halides is 1. The first-order valence-corrected chi connectivity index (χ1v) is 4.00. The lowest BCUT2D eigenvalue weighted by molar-refractivity contribution is 1.04. The monoisotopic (exact) mass is 202 g/mol.